The zero-order chi connectivity index (χ0) is 43.4. The molecule has 0 fully saturated rings. The van der Waals surface area contributed by atoms with Gasteiger partial charge >= 0.3 is 20.2 Å². The zero-order valence-corrected chi connectivity index (χ0v) is 35.4. The molecule has 21 heteroatoms. The Morgan fingerprint density at radius 1 is 0.707 bits per heavy atom. The monoisotopic (exact) mass is 881 g/mol. The summed E-state index contributed by atoms with van der Waals surface area (Å²) < 4.78 is 85.7. The predicted octanol–water partition coefficient (Wildman–Crippen LogP) is 7.35. The van der Waals surface area contributed by atoms with Crippen LogP contribution in [0, 0.1) is 19.3 Å². The lowest BCUT2D eigenvalue weighted by Gasteiger charge is -2.17. The standard InChI is InChI=1S/C35H37Cl2N5O10S2.C2H4O2/c1-7-33(49-25-13-21(3)15-27(19-25)51-53(43,44)31-17-23(36)9-11-29(31)47-5)40-42(35(38)39)41-34(8-2)50-26-14-22(4)16-28(20-26)52-54(45,46)32-18-24(37)10-12-30(32)48-6;1-2(3)4/h9-20H,7-8H2,1-6H3,(H3,38,39);1H3,(H,3,4). The summed E-state index contributed by atoms with van der Waals surface area (Å²) in [5.74, 6) is -1.07. The van der Waals surface area contributed by atoms with Crippen LogP contribution in [0.2, 0.25) is 10.0 Å². The van der Waals surface area contributed by atoms with Gasteiger partial charge in [0.2, 0.25) is 17.8 Å². The van der Waals surface area contributed by atoms with Crippen molar-refractivity contribution in [2.45, 2.75) is 57.3 Å². The topological polar surface area (TPSA) is 239 Å². The van der Waals surface area contributed by atoms with Gasteiger partial charge in [-0.25, -0.2) is 0 Å². The highest BCUT2D eigenvalue weighted by atomic mass is 35.5. The van der Waals surface area contributed by atoms with E-state index in [2.05, 4.69) is 10.2 Å². The van der Waals surface area contributed by atoms with Gasteiger partial charge in [0.25, 0.3) is 5.97 Å². The van der Waals surface area contributed by atoms with Crippen molar-refractivity contribution in [1.82, 2.24) is 5.12 Å². The van der Waals surface area contributed by atoms with E-state index in [1.54, 1.807) is 39.8 Å². The number of methoxy groups -OCH3 is 2. The SMILES string of the molecule is CC(=O)O.CCC(=NN(N=C(CC)Oc1cc(C)cc(OS(=O)(=O)c2cc(Cl)ccc2OC)c1)C(=N)N)Oc1cc(C)cc(OS(=O)(=O)c2cc(Cl)ccc2OC)c1. The van der Waals surface area contributed by atoms with Crippen LogP contribution in [0.3, 0.4) is 0 Å². The minimum atomic E-state index is -4.38. The third kappa shape index (κ3) is 13.7. The molecule has 4 aromatic rings. The van der Waals surface area contributed by atoms with E-state index in [4.69, 9.17) is 71.6 Å². The first-order chi connectivity index (χ1) is 27.2. The fourth-order valence-corrected chi connectivity index (χ4v) is 7.31. The minimum absolute atomic E-state index is 0.0354. The second-order valence-corrected chi connectivity index (χ2v) is 15.6. The van der Waals surface area contributed by atoms with Crippen LogP contribution < -0.4 is 33.0 Å². The Morgan fingerprint density at radius 3 is 1.36 bits per heavy atom. The van der Waals surface area contributed by atoms with Crippen molar-refractivity contribution in [3.8, 4) is 34.5 Å². The molecule has 4 aromatic carbocycles. The lowest BCUT2D eigenvalue weighted by Crippen LogP contribution is -2.31. The first kappa shape index (κ1) is 46.6. The maximum atomic E-state index is 13.2. The number of hydrazone groups is 2. The largest absolute Gasteiger partial charge is 0.495 e. The molecule has 0 aromatic heterocycles. The maximum absolute atomic E-state index is 13.2. The highest BCUT2D eigenvalue weighted by Gasteiger charge is 2.25. The summed E-state index contributed by atoms with van der Waals surface area (Å²) in [7, 11) is -6.11. The Morgan fingerprint density at radius 2 is 1.05 bits per heavy atom. The summed E-state index contributed by atoms with van der Waals surface area (Å²) in [6, 6.07) is 17.1. The van der Waals surface area contributed by atoms with Gasteiger partial charge in [0, 0.05) is 41.9 Å². The molecular formula is C37H41Cl2N5O12S2. The summed E-state index contributed by atoms with van der Waals surface area (Å²) in [6.45, 7) is 7.94. The first-order valence-corrected chi connectivity index (χ1v) is 20.4. The Balaban J connectivity index is 0.00000215. The van der Waals surface area contributed by atoms with E-state index in [0.29, 0.717) is 11.1 Å². The number of aryl methyl sites for hydroxylation is 2. The molecule has 0 aliphatic carbocycles. The van der Waals surface area contributed by atoms with Crippen molar-refractivity contribution in [3.05, 3.63) is 94.0 Å². The molecule has 17 nitrogen and oxygen atoms in total. The van der Waals surface area contributed by atoms with Crippen molar-refractivity contribution < 1.29 is 54.1 Å². The molecular weight excluding hydrogens is 841 g/mol. The predicted molar refractivity (Wildman–Crippen MR) is 218 cm³/mol. The molecule has 0 heterocycles. The summed E-state index contributed by atoms with van der Waals surface area (Å²) in [4.78, 5) is 8.47. The van der Waals surface area contributed by atoms with E-state index in [1.165, 1.54) is 74.9 Å². The molecule has 0 saturated heterocycles. The number of hydrogen-bond acceptors (Lipinski definition) is 14. The summed E-state index contributed by atoms with van der Waals surface area (Å²) in [6.07, 6.45) is 0.377. The molecule has 0 amide bonds. The Kier molecular flexibility index (Phi) is 16.6. The van der Waals surface area contributed by atoms with Crippen LogP contribution in [0.15, 0.2) is 92.8 Å². The van der Waals surface area contributed by atoms with E-state index < -0.39 is 32.2 Å². The van der Waals surface area contributed by atoms with Crippen LogP contribution in [0.25, 0.3) is 0 Å². The highest BCUT2D eigenvalue weighted by molar-refractivity contribution is 7.87. The maximum Gasteiger partial charge on any atom is 0.342 e. The minimum Gasteiger partial charge on any atom is -0.495 e. The number of rotatable bonds is 14. The van der Waals surface area contributed by atoms with Gasteiger partial charge in [0.15, 0.2) is 0 Å². The molecule has 0 unspecified atom stereocenters. The van der Waals surface area contributed by atoms with E-state index in [-0.39, 0.29) is 79.0 Å². The number of ether oxygens (including phenoxy) is 4. The molecule has 0 radical (unpaired) electrons. The molecule has 58 heavy (non-hydrogen) atoms. The quantitative estimate of drug-likeness (QED) is 0.0486. The lowest BCUT2D eigenvalue weighted by molar-refractivity contribution is -0.134. The van der Waals surface area contributed by atoms with Gasteiger partial charge in [-0.3, -0.25) is 10.2 Å². The van der Waals surface area contributed by atoms with E-state index in [9.17, 15) is 16.8 Å². The van der Waals surface area contributed by atoms with Gasteiger partial charge in [-0.15, -0.1) is 15.3 Å². The Bertz CT molecular complexity index is 2270. The van der Waals surface area contributed by atoms with E-state index in [1.807, 2.05) is 0 Å². The first-order valence-electron chi connectivity index (χ1n) is 16.8. The number of aliphatic carboxylic acids is 1. The number of halogens is 2. The lowest BCUT2D eigenvalue weighted by atomic mass is 10.2. The second kappa shape index (κ2) is 20.6. The highest BCUT2D eigenvalue weighted by Crippen LogP contribution is 2.33. The van der Waals surface area contributed by atoms with Gasteiger partial charge < -0.3 is 38.2 Å². The smallest absolute Gasteiger partial charge is 0.342 e. The molecule has 4 rings (SSSR count). The van der Waals surface area contributed by atoms with Crippen LogP contribution in [-0.2, 0) is 25.0 Å². The van der Waals surface area contributed by atoms with Gasteiger partial charge in [-0.05, 0) is 85.6 Å². The van der Waals surface area contributed by atoms with Crippen molar-refractivity contribution in [2.24, 2.45) is 15.9 Å². The average molecular weight is 883 g/mol. The molecule has 0 saturated carbocycles. The van der Waals surface area contributed by atoms with Crippen LogP contribution in [0.5, 0.6) is 34.5 Å². The van der Waals surface area contributed by atoms with E-state index >= 15 is 0 Å². The third-order valence-electron chi connectivity index (χ3n) is 6.95. The molecule has 0 bridgehead atoms. The molecule has 0 aliphatic rings. The Hall–Kier alpha value is -5.76. The van der Waals surface area contributed by atoms with Gasteiger partial charge in [-0.2, -0.15) is 16.8 Å². The number of nitrogens with zero attached hydrogens (tertiary/aromatic N) is 3. The van der Waals surface area contributed by atoms with Gasteiger partial charge in [0.1, 0.15) is 44.3 Å². The Labute approximate surface area is 346 Å². The average Bonchev–Trinajstić information content (AvgIpc) is 3.12. The van der Waals surface area contributed by atoms with Crippen LogP contribution in [0.1, 0.15) is 44.7 Å². The van der Waals surface area contributed by atoms with Crippen molar-refractivity contribution >= 4 is 67.2 Å². The second-order valence-electron chi connectivity index (χ2n) is 11.7. The van der Waals surface area contributed by atoms with Gasteiger partial charge in [0.05, 0.1) is 14.2 Å². The molecule has 4 N–H and O–H groups in total. The molecule has 0 spiro atoms. The molecule has 312 valence electrons. The van der Waals surface area contributed by atoms with Crippen molar-refractivity contribution in [1.29, 1.82) is 5.41 Å². The van der Waals surface area contributed by atoms with Gasteiger partial charge in [-0.1, -0.05) is 37.0 Å². The fourth-order valence-electron chi connectivity index (χ4n) is 4.62. The molecule has 0 atom stereocenters. The van der Waals surface area contributed by atoms with Crippen molar-refractivity contribution in [3.63, 3.8) is 0 Å². The number of carboxylic acids is 1. The number of guanidine groups is 1. The van der Waals surface area contributed by atoms with Crippen molar-refractivity contribution in [2.75, 3.05) is 14.2 Å². The third-order valence-corrected chi connectivity index (χ3v) is 9.96. The summed E-state index contributed by atoms with van der Waals surface area (Å²) >= 11 is 12.1. The number of hydrogen-bond donors (Lipinski definition) is 3. The number of nitrogens with one attached hydrogen (secondary N) is 1. The zero-order valence-electron chi connectivity index (χ0n) is 32.3. The summed E-state index contributed by atoms with van der Waals surface area (Å²) in [5.41, 5.74) is 7.00. The van der Waals surface area contributed by atoms with Crippen LogP contribution in [-0.4, -0.2) is 65.0 Å². The fraction of sp³-hybridized carbons (Fsp3) is 0.243. The number of carboxylic acid groups (broad SMARTS) is 1. The number of carbonyl (C=O) groups is 1. The number of benzene rings is 4. The normalized spacial score (nSPS) is 11.7. The van der Waals surface area contributed by atoms with Crippen LogP contribution in [0.4, 0.5) is 0 Å². The van der Waals surface area contributed by atoms with Crippen LogP contribution >= 0.6 is 23.2 Å². The molecule has 0 aliphatic heterocycles. The number of nitrogens with two attached hydrogens (primary N) is 1. The van der Waals surface area contributed by atoms with E-state index in [0.717, 1.165) is 12.0 Å². The summed E-state index contributed by atoms with van der Waals surface area (Å²) in [5, 5.41) is 25.2.